The van der Waals surface area contributed by atoms with Gasteiger partial charge in [-0.2, -0.15) is 0 Å². The topological polar surface area (TPSA) is 80.2 Å². The molecule has 0 fully saturated rings. The molecule has 0 atom stereocenters. The summed E-state index contributed by atoms with van der Waals surface area (Å²) >= 11 is 1.46. The van der Waals surface area contributed by atoms with Gasteiger partial charge in [-0.3, -0.25) is 14.7 Å². The highest BCUT2D eigenvalue weighted by Crippen LogP contribution is 2.34. The number of aromatic nitrogens is 2. The number of benzene rings is 2. The summed E-state index contributed by atoms with van der Waals surface area (Å²) in [5.41, 5.74) is 3.16. The van der Waals surface area contributed by atoms with E-state index in [1.807, 2.05) is 30.3 Å². The van der Waals surface area contributed by atoms with Crippen LogP contribution in [0.25, 0.3) is 10.2 Å². The number of sulfone groups is 1. The third-order valence-corrected chi connectivity index (χ3v) is 8.22. The van der Waals surface area contributed by atoms with Gasteiger partial charge in [-0.15, -0.1) is 0 Å². The van der Waals surface area contributed by atoms with Crippen LogP contribution in [-0.4, -0.2) is 30.0 Å². The molecule has 0 aliphatic rings. The van der Waals surface area contributed by atoms with Crippen LogP contribution in [0.15, 0.2) is 71.8 Å². The molecule has 0 aliphatic heterocycles. The Hall–Kier alpha value is -3.10. The van der Waals surface area contributed by atoms with Gasteiger partial charge in [0.2, 0.25) is 0 Å². The molecule has 0 unspecified atom stereocenters. The molecular formula is C25H25N3O3S2. The van der Waals surface area contributed by atoms with E-state index in [9.17, 15) is 13.2 Å². The highest BCUT2D eigenvalue weighted by molar-refractivity contribution is 7.91. The molecule has 8 heteroatoms. The molecule has 0 radical (unpaired) electrons. The summed E-state index contributed by atoms with van der Waals surface area (Å²) in [6, 6.07) is 17.7. The smallest absolute Gasteiger partial charge is 0.260 e. The van der Waals surface area contributed by atoms with E-state index in [4.69, 9.17) is 4.98 Å². The number of rotatable bonds is 7. The molecule has 0 N–H and O–H groups in total. The lowest BCUT2D eigenvalue weighted by Crippen LogP contribution is -2.30. The van der Waals surface area contributed by atoms with Gasteiger partial charge in [0.15, 0.2) is 15.0 Å². The number of carbonyl (C=O) groups excluding carboxylic acids is 1. The molecule has 33 heavy (non-hydrogen) atoms. The number of anilines is 1. The fourth-order valence-electron chi connectivity index (χ4n) is 3.55. The van der Waals surface area contributed by atoms with Gasteiger partial charge in [0, 0.05) is 11.8 Å². The fourth-order valence-corrected chi connectivity index (χ4v) is 5.43. The van der Waals surface area contributed by atoms with Gasteiger partial charge in [0.25, 0.3) is 5.91 Å². The lowest BCUT2D eigenvalue weighted by molar-refractivity contribution is 0.0984. The number of pyridine rings is 1. The van der Waals surface area contributed by atoms with Crippen LogP contribution in [0.3, 0.4) is 0 Å². The summed E-state index contributed by atoms with van der Waals surface area (Å²) in [5, 5.41) is 0.582. The van der Waals surface area contributed by atoms with E-state index in [1.165, 1.54) is 23.5 Å². The monoisotopic (exact) mass is 479 g/mol. The zero-order chi connectivity index (χ0) is 23.6. The third-order valence-electron chi connectivity index (χ3n) is 5.42. The number of amides is 1. The Balaban J connectivity index is 1.76. The van der Waals surface area contributed by atoms with Gasteiger partial charge >= 0.3 is 0 Å². The summed E-state index contributed by atoms with van der Waals surface area (Å²) in [4.78, 5) is 24.6. The molecular weight excluding hydrogens is 454 g/mol. The SMILES string of the molecule is CCS(=O)(=O)c1ccc(C(=O)N(Cc2ccccn2)c2nc3c(C(C)C)cccc3s2)cc1. The summed E-state index contributed by atoms with van der Waals surface area (Å²) in [6.45, 7) is 6.10. The van der Waals surface area contributed by atoms with Crippen molar-refractivity contribution < 1.29 is 13.2 Å². The van der Waals surface area contributed by atoms with Crippen LogP contribution in [0, 0.1) is 0 Å². The zero-order valence-corrected chi connectivity index (χ0v) is 20.4. The van der Waals surface area contributed by atoms with E-state index in [1.54, 1.807) is 30.2 Å². The molecule has 0 saturated carbocycles. The van der Waals surface area contributed by atoms with E-state index in [0.717, 1.165) is 21.5 Å². The molecule has 2 heterocycles. The minimum absolute atomic E-state index is 0.00990. The summed E-state index contributed by atoms with van der Waals surface area (Å²) in [5.74, 6) is 0.0543. The first kappa shape index (κ1) is 23.1. The molecule has 0 saturated heterocycles. The first-order valence-electron chi connectivity index (χ1n) is 10.7. The van der Waals surface area contributed by atoms with Crippen molar-refractivity contribution in [1.29, 1.82) is 0 Å². The minimum atomic E-state index is -3.34. The van der Waals surface area contributed by atoms with Crippen LogP contribution in [0.1, 0.15) is 48.3 Å². The average molecular weight is 480 g/mol. The molecule has 0 aliphatic carbocycles. The van der Waals surface area contributed by atoms with Crippen LogP contribution < -0.4 is 4.90 Å². The lowest BCUT2D eigenvalue weighted by Gasteiger charge is -2.20. The number of hydrogen-bond donors (Lipinski definition) is 0. The van der Waals surface area contributed by atoms with Crippen molar-refractivity contribution in [1.82, 2.24) is 9.97 Å². The van der Waals surface area contributed by atoms with Gasteiger partial charge in [-0.1, -0.05) is 50.3 Å². The molecule has 0 bridgehead atoms. The summed E-state index contributed by atoms with van der Waals surface area (Å²) < 4.78 is 25.3. The Bertz CT molecular complexity index is 1380. The zero-order valence-electron chi connectivity index (χ0n) is 18.7. The molecule has 2 aromatic carbocycles. The maximum Gasteiger partial charge on any atom is 0.260 e. The van der Waals surface area contributed by atoms with Crippen LogP contribution in [0.2, 0.25) is 0 Å². The summed E-state index contributed by atoms with van der Waals surface area (Å²) in [7, 11) is -3.34. The molecule has 4 rings (SSSR count). The molecule has 6 nitrogen and oxygen atoms in total. The Morgan fingerprint density at radius 3 is 2.42 bits per heavy atom. The molecule has 0 spiro atoms. The first-order valence-corrected chi connectivity index (χ1v) is 13.2. The van der Waals surface area contributed by atoms with Gasteiger partial charge in [0.05, 0.1) is 33.1 Å². The van der Waals surface area contributed by atoms with Gasteiger partial charge < -0.3 is 0 Å². The van der Waals surface area contributed by atoms with E-state index in [-0.39, 0.29) is 23.1 Å². The Labute approximate surface area is 197 Å². The molecule has 1 amide bonds. The average Bonchev–Trinajstić information content (AvgIpc) is 3.26. The third kappa shape index (κ3) is 4.82. The number of para-hydroxylation sites is 1. The Morgan fingerprint density at radius 2 is 1.79 bits per heavy atom. The van der Waals surface area contributed by atoms with Gasteiger partial charge in [0.1, 0.15) is 0 Å². The second kappa shape index (κ2) is 9.41. The van der Waals surface area contributed by atoms with Crippen molar-refractivity contribution in [3.63, 3.8) is 0 Å². The van der Waals surface area contributed by atoms with Crippen LogP contribution >= 0.6 is 11.3 Å². The number of thiazole rings is 1. The van der Waals surface area contributed by atoms with E-state index >= 15 is 0 Å². The number of fused-ring (bicyclic) bond motifs is 1. The highest BCUT2D eigenvalue weighted by Gasteiger charge is 2.24. The maximum absolute atomic E-state index is 13.6. The predicted octanol–water partition coefficient (Wildman–Crippen LogP) is 5.46. The number of carbonyl (C=O) groups is 1. The Morgan fingerprint density at radius 1 is 1.03 bits per heavy atom. The molecule has 2 aromatic heterocycles. The van der Waals surface area contributed by atoms with Crippen molar-refractivity contribution in [3.8, 4) is 0 Å². The van der Waals surface area contributed by atoms with E-state index in [0.29, 0.717) is 16.6 Å². The van der Waals surface area contributed by atoms with Crippen molar-refractivity contribution in [2.24, 2.45) is 0 Å². The van der Waals surface area contributed by atoms with Crippen LogP contribution in [0.4, 0.5) is 5.13 Å². The van der Waals surface area contributed by atoms with Crippen LogP contribution in [-0.2, 0) is 16.4 Å². The lowest BCUT2D eigenvalue weighted by atomic mass is 10.0. The standard InChI is InChI=1S/C25H25N3O3S2/c1-4-33(30,31)20-13-11-18(12-14-20)24(29)28(16-19-8-5-6-15-26-19)25-27-23-21(17(2)3)9-7-10-22(23)32-25/h5-15,17H,4,16H2,1-3H3. The van der Waals surface area contributed by atoms with E-state index < -0.39 is 9.84 Å². The first-order chi connectivity index (χ1) is 15.8. The fraction of sp³-hybridized carbons (Fsp3) is 0.240. The number of hydrogen-bond acceptors (Lipinski definition) is 6. The molecule has 170 valence electrons. The van der Waals surface area contributed by atoms with Crippen molar-refractivity contribution in [2.75, 3.05) is 10.7 Å². The largest absolute Gasteiger partial charge is 0.278 e. The minimum Gasteiger partial charge on any atom is -0.278 e. The maximum atomic E-state index is 13.6. The van der Waals surface area contributed by atoms with Crippen molar-refractivity contribution in [2.45, 2.75) is 38.1 Å². The molecule has 4 aromatic rings. The van der Waals surface area contributed by atoms with Gasteiger partial charge in [-0.25, -0.2) is 13.4 Å². The highest BCUT2D eigenvalue weighted by atomic mass is 32.2. The van der Waals surface area contributed by atoms with Gasteiger partial charge in [-0.05, 0) is 53.9 Å². The van der Waals surface area contributed by atoms with Crippen LogP contribution in [0.5, 0.6) is 0 Å². The second-order valence-corrected chi connectivity index (χ2v) is 11.3. The summed E-state index contributed by atoms with van der Waals surface area (Å²) in [6.07, 6.45) is 1.69. The predicted molar refractivity (Wildman–Crippen MR) is 133 cm³/mol. The number of nitrogens with zero attached hydrogens (tertiary/aromatic N) is 3. The normalized spacial score (nSPS) is 11.8. The van der Waals surface area contributed by atoms with Crippen molar-refractivity contribution in [3.05, 3.63) is 83.7 Å². The van der Waals surface area contributed by atoms with E-state index in [2.05, 4.69) is 24.9 Å². The quantitative estimate of drug-likeness (QED) is 0.352. The van der Waals surface area contributed by atoms with Crippen molar-refractivity contribution >= 4 is 42.4 Å². The Kier molecular flexibility index (Phi) is 6.58. The second-order valence-electron chi connectivity index (χ2n) is 7.99.